The van der Waals surface area contributed by atoms with Crippen LogP contribution in [0.5, 0.6) is 0 Å². The maximum Gasteiger partial charge on any atom is 0.198 e. The van der Waals surface area contributed by atoms with Crippen LogP contribution in [0, 0.1) is 0 Å². The Morgan fingerprint density at radius 2 is 1.71 bits per heavy atom. The number of aryl methyl sites for hydroxylation is 2. The van der Waals surface area contributed by atoms with Crippen LogP contribution in [0.15, 0.2) is 53.5 Å². The first-order valence-electron chi connectivity index (χ1n) is 7.72. The molecule has 3 aromatic carbocycles. The molecule has 0 atom stereocenters. The summed E-state index contributed by atoms with van der Waals surface area (Å²) in [7, 11) is 0. The van der Waals surface area contributed by atoms with Crippen LogP contribution in [0.2, 0.25) is 10.0 Å². The molecule has 0 bridgehead atoms. The number of halogens is 2. The maximum absolute atomic E-state index is 6.16. The van der Waals surface area contributed by atoms with E-state index in [-0.39, 0.29) is 5.96 Å². The second-order valence-electron chi connectivity index (χ2n) is 5.81. The number of anilines is 1. The summed E-state index contributed by atoms with van der Waals surface area (Å²) in [6.07, 6.45) is 2.19. The van der Waals surface area contributed by atoms with Gasteiger partial charge in [-0.1, -0.05) is 53.5 Å². The fourth-order valence-corrected chi connectivity index (χ4v) is 3.57. The minimum absolute atomic E-state index is 0.276. The van der Waals surface area contributed by atoms with Gasteiger partial charge in [-0.05, 0) is 47.6 Å². The van der Waals surface area contributed by atoms with E-state index >= 15 is 0 Å². The Balaban J connectivity index is 1.72. The fourth-order valence-electron chi connectivity index (χ4n) is 3.23. The lowest BCUT2D eigenvalue weighted by Gasteiger charge is -2.11. The molecule has 3 nitrogen and oxygen atoms in total. The van der Waals surface area contributed by atoms with Crippen LogP contribution in [0.3, 0.4) is 0 Å². The molecule has 0 unspecified atom stereocenters. The molecule has 0 aliphatic heterocycles. The van der Waals surface area contributed by atoms with E-state index in [9.17, 15) is 0 Å². The molecule has 0 aromatic heterocycles. The van der Waals surface area contributed by atoms with Gasteiger partial charge in [0.05, 0.1) is 15.7 Å². The summed E-state index contributed by atoms with van der Waals surface area (Å²) in [4.78, 5) is 4.35. The summed E-state index contributed by atoms with van der Waals surface area (Å²) >= 11 is 12.2. The monoisotopic (exact) mass is 355 g/mol. The van der Waals surface area contributed by atoms with Crippen LogP contribution in [-0.4, -0.2) is 5.96 Å². The Morgan fingerprint density at radius 3 is 2.54 bits per heavy atom. The largest absolute Gasteiger partial charge is 0.369 e. The van der Waals surface area contributed by atoms with Gasteiger partial charge >= 0.3 is 0 Å². The number of hydrogen-bond acceptors (Lipinski definition) is 1. The average molecular weight is 356 g/mol. The lowest BCUT2D eigenvalue weighted by molar-refractivity contribution is 1.02. The molecule has 0 heterocycles. The number of hydrogen-bond donors (Lipinski definition) is 2. The molecule has 1 aliphatic carbocycles. The van der Waals surface area contributed by atoms with Crippen LogP contribution < -0.4 is 11.1 Å². The average Bonchev–Trinajstić information content (AvgIpc) is 2.99. The maximum atomic E-state index is 6.16. The predicted octanol–water partition coefficient (Wildman–Crippen LogP) is 5.30. The summed E-state index contributed by atoms with van der Waals surface area (Å²) < 4.78 is 0. The molecular weight excluding hydrogens is 341 g/mol. The molecule has 1 aliphatic rings. The molecule has 0 spiro atoms. The Morgan fingerprint density at radius 1 is 0.958 bits per heavy atom. The number of nitrogens with zero attached hydrogens (tertiary/aromatic N) is 1. The van der Waals surface area contributed by atoms with Gasteiger partial charge < -0.3 is 11.1 Å². The van der Waals surface area contributed by atoms with E-state index in [1.807, 2.05) is 0 Å². The number of aliphatic imine (C=N–C) groups is 1. The number of nitrogens with one attached hydrogen (secondary N) is 1. The SMILES string of the molecule is NC(=Nc1cccc(Cl)c1Cl)Nc1ccc2c3c(cccc13)CC2. The van der Waals surface area contributed by atoms with Crippen molar-refractivity contribution in [1.82, 2.24) is 0 Å². The van der Waals surface area contributed by atoms with E-state index in [1.54, 1.807) is 18.2 Å². The van der Waals surface area contributed by atoms with E-state index < -0.39 is 0 Å². The molecule has 0 saturated heterocycles. The summed E-state index contributed by atoms with van der Waals surface area (Å²) in [5.74, 6) is 0.276. The van der Waals surface area contributed by atoms with Crippen LogP contribution in [0.25, 0.3) is 10.8 Å². The number of nitrogens with two attached hydrogens (primary N) is 1. The fraction of sp³-hybridized carbons (Fsp3) is 0.105. The highest BCUT2D eigenvalue weighted by Crippen LogP contribution is 2.35. The molecule has 3 aromatic rings. The Hall–Kier alpha value is -2.23. The number of guanidine groups is 1. The van der Waals surface area contributed by atoms with Crippen molar-refractivity contribution < 1.29 is 0 Å². The first-order valence-corrected chi connectivity index (χ1v) is 8.48. The first-order chi connectivity index (χ1) is 11.6. The third-order valence-corrected chi connectivity index (χ3v) is 5.12. The van der Waals surface area contributed by atoms with Gasteiger partial charge in [0.15, 0.2) is 5.96 Å². The highest BCUT2D eigenvalue weighted by atomic mass is 35.5. The van der Waals surface area contributed by atoms with E-state index in [1.165, 1.54) is 16.5 Å². The molecule has 120 valence electrons. The van der Waals surface area contributed by atoms with Gasteiger partial charge in [-0.2, -0.15) is 0 Å². The standard InChI is InChI=1S/C19H15Cl2N3/c20-14-5-2-6-16(18(14)21)24-19(22)23-15-10-9-12-8-7-11-3-1-4-13(15)17(11)12/h1-6,9-10H,7-8H2,(H3,22,23,24). The van der Waals surface area contributed by atoms with E-state index in [2.05, 4.69) is 40.6 Å². The van der Waals surface area contributed by atoms with E-state index in [0.29, 0.717) is 15.7 Å². The Kier molecular flexibility index (Phi) is 3.83. The second-order valence-corrected chi connectivity index (χ2v) is 6.59. The van der Waals surface area contributed by atoms with Gasteiger partial charge in [-0.25, -0.2) is 4.99 Å². The Bertz CT molecular complexity index is 970. The van der Waals surface area contributed by atoms with Gasteiger partial charge in [0.25, 0.3) is 0 Å². The molecule has 0 fully saturated rings. The highest BCUT2D eigenvalue weighted by molar-refractivity contribution is 6.43. The zero-order valence-electron chi connectivity index (χ0n) is 12.8. The van der Waals surface area contributed by atoms with Crippen LogP contribution in [0.1, 0.15) is 11.1 Å². The highest BCUT2D eigenvalue weighted by Gasteiger charge is 2.16. The molecule has 5 heteroatoms. The van der Waals surface area contributed by atoms with Gasteiger partial charge in [-0.3, -0.25) is 0 Å². The van der Waals surface area contributed by atoms with Gasteiger partial charge in [-0.15, -0.1) is 0 Å². The molecule has 4 rings (SSSR count). The lowest BCUT2D eigenvalue weighted by Crippen LogP contribution is -2.22. The van der Waals surface area contributed by atoms with E-state index in [4.69, 9.17) is 28.9 Å². The van der Waals surface area contributed by atoms with Crippen LogP contribution in [-0.2, 0) is 12.8 Å². The molecular formula is C19H15Cl2N3. The molecule has 3 N–H and O–H groups in total. The van der Waals surface area contributed by atoms with Crippen molar-refractivity contribution in [3.05, 3.63) is 69.7 Å². The Labute approximate surface area is 150 Å². The van der Waals surface area contributed by atoms with Crippen LogP contribution >= 0.6 is 23.2 Å². The summed E-state index contributed by atoms with van der Waals surface area (Å²) in [5.41, 5.74) is 10.3. The summed E-state index contributed by atoms with van der Waals surface area (Å²) in [6, 6.07) is 15.9. The zero-order chi connectivity index (χ0) is 16.7. The third-order valence-electron chi connectivity index (χ3n) is 4.31. The second kappa shape index (κ2) is 6.00. The number of rotatable bonds is 2. The first kappa shape index (κ1) is 15.3. The zero-order valence-corrected chi connectivity index (χ0v) is 14.3. The molecule has 24 heavy (non-hydrogen) atoms. The van der Waals surface area contributed by atoms with Crippen molar-refractivity contribution in [2.75, 3.05) is 5.32 Å². The van der Waals surface area contributed by atoms with Crippen molar-refractivity contribution in [1.29, 1.82) is 0 Å². The molecule has 0 radical (unpaired) electrons. The van der Waals surface area contributed by atoms with E-state index in [0.717, 1.165) is 23.9 Å². The predicted molar refractivity (Wildman–Crippen MR) is 103 cm³/mol. The topological polar surface area (TPSA) is 50.4 Å². The van der Waals surface area contributed by atoms with Crippen molar-refractivity contribution in [2.45, 2.75) is 12.8 Å². The van der Waals surface area contributed by atoms with Gasteiger partial charge in [0.2, 0.25) is 0 Å². The minimum atomic E-state index is 0.276. The van der Waals surface area contributed by atoms with Crippen molar-refractivity contribution in [3.63, 3.8) is 0 Å². The lowest BCUT2D eigenvalue weighted by atomic mass is 10.0. The van der Waals surface area contributed by atoms with Crippen molar-refractivity contribution >= 4 is 51.3 Å². The van der Waals surface area contributed by atoms with Gasteiger partial charge in [0, 0.05) is 11.1 Å². The number of benzene rings is 3. The normalized spacial score (nSPS) is 13.5. The summed E-state index contributed by atoms with van der Waals surface area (Å²) in [5, 5.41) is 6.53. The molecule has 0 amide bonds. The minimum Gasteiger partial charge on any atom is -0.369 e. The summed E-state index contributed by atoms with van der Waals surface area (Å²) in [6.45, 7) is 0. The van der Waals surface area contributed by atoms with Crippen molar-refractivity contribution in [3.8, 4) is 0 Å². The quantitative estimate of drug-likeness (QED) is 0.483. The smallest absolute Gasteiger partial charge is 0.198 e. The van der Waals surface area contributed by atoms with Crippen LogP contribution in [0.4, 0.5) is 11.4 Å². The third kappa shape index (κ3) is 2.60. The molecule has 0 saturated carbocycles. The van der Waals surface area contributed by atoms with Gasteiger partial charge in [0.1, 0.15) is 0 Å². The van der Waals surface area contributed by atoms with Crippen molar-refractivity contribution in [2.24, 2.45) is 10.7 Å².